The van der Waals surface area contributed by atoms with Gasteiger partial charge in [0.1, 0.15) is 57.8 Å². The second-order valence-corrected chi connectivity index (χ2v) is 22.3. The molecule has 9 nitrogen and oxygen atoms in total. The van der Waals surface area contributed by atoms with Crippen LogP contribution in [-0.4, -0.2) is 46.3 Å². The molecule has 0 atom stereocenters. The van der Waals surface area contributed by atoms with Gasteiger partial charge in [0.25, 0.3) is 0 Å². The van der Waals surface area contributed by atoms with Gasteiger partial charge in [-0.2, -0.15) is 13.2 Å². The van der Waals surface area contributed by atoms with Crippen LogP contribution in [0, 0.1) is 6.92 Å². The smallest absolute Gasteiger partial charge is 0.416 e. The van der Waals surface area contributed by atoms with Gasteiger partial charge in [-0.15, -0.1) is 0 Å². The number of carbonyl (C=O) groups is 8. The minimum Gasteiger partial charge on any atom is -0.461 e. The molecule has 0 aliphatic heterocycles. The van der Waals surface area contributed by atoms with E-state index in [0.29, 0.717) is 60.6 Å². The lowest BCUT2D eigenvalue weighted by atomic mass is 9.81. The van der Waals surface area contributed by atoms with Gasteiger partial charge in [-0.3, -0.25) is 38.4 Å². The lowest BCUT2D eigenvalue weighted by Gasteiger charge is -2.22. The van der Waals surface area contributed by atoms with Crippen molar-refractivity contribution in [3.05, 3.63) is 201 Å². The number of halogens is 5. The highest BCUT2D eigenvalue weighted by Gasteiger charge is 2.34. The van der Waals surface area contributed by atoms with Gasteiger partial charge in [0.15, 0.2) is 0 Å². The summed E-state index contributed by atoms with van der Waals surface area (Å²) < 4.78 is 44.5. The van der Waals surface area contributed by atoms with Crippen LogP contribution in [0.2, 0.25) is 5.02 Å². The molecule has 4 fully saturated rings. The number of alkyl halides is 3. The van der Waals surface area contributed by atoms with Gasteiger partial charge in [0.2, 0.25) is 0 Å². The maximum Gasteiger partial charge on any atom is 0.416 e. The fourth-order valence-corrected chi connectivity index (χ4v) is 11.5. The molecule has 14 heteroatoms. The number of benzene rings is 6. The maximum absolute atomic E-state index is 12.6. The van der Waals surface area contributed by atoms with Crippen LogP contribution in [0.25, 0.3) is 33.6 Å². The number of ketones is 8. The summed E-state index contributed by atoms with van der Waals surface area (Å²) in [7, 11) is 0. The Kier molecular flexibility index (Phi) is 19.5. The number of hydrogen-bond donors (Lipinski definition) is 0. The third-order valence-corrected chi connectivity index (χ3v) is 15.1. The molecule has 0 saturated heterocycles. The van der Waals surface area contributed by atoms with Gasteiger partial charge in [0.05, 0.1) is 31.2 Å². The average molecular weight is 1170 g/mol. The summed E-state index contributed by atoms with van der Waals surface area (Å²) in [5.74, 6) is 0.737. The zero-order valence-electron chi connectivity index (χ0n) is 43.9. The molecule has 0 spiro atoms. The van der Waals surface area contributed by atoms with E-state index < -0.39 is 17.7 Å². The van der Waals surface area contributed by atoms with Crippen molar-refractivity contribution in [2.45, 2.75) is 114 Å². The van der Waals surface area contributed by atoms with Crippen molar-refractivity contribution in [2.24, 2.45) is 0 Å². The van der Waals surface area contributed by atoms with Crippen LogP contribution in [0.3, 0.4) is 0 Å². The first kappa shape index (κ1) is 58.7. The van der Waals surface area contributed by atoms with Crippen molar-refractivity contribution in [1.82, 2.24) is 0 Å². The largest absolute Gasteiger partial charge is 0.461 e. The van der Waals surface area contributed by atoms with Crippen molar-refractivity contribution < 1.29 is 55.9 Å². The second-order valence-electron chi connectivity index (χ2n) is 20.9. The Morgan fingerprint density at radius 2 is 0.838 bits per heavy atom. The van der Waals surface area contributed by atoms with E-state index in [4.69, 9.17) is 16.0 Å². The molecule has 4 aliphatic carbocycles. The summed E-state index contributed by atoms with van der Waals surface area (Å²) in [4.78, 5) is 92.3. The van der Waals surface area contributed by atoms with Crippen molar-refractivity contribution >= 4 is 73.8 Å². The Labute approximate surface area is 475 Å². The van der Waals surface area contributed by atoms with E-state index in [9.17, 15) is 51.5 Å². The number of aryl methyl sites for hydroxylation is 1. The molecule has 1 heterocycles. The van der Waals surface area contributed by atoms with Crippen LogP contribution in [0.1, 0.15) is 134 Å². The standard InChI is InChI=1S/C24H20O2.C16H13ClO3.C13H13BrO2.C13H11F3O2/c25-23-14-22(15-24(26)16-23)21-12-19(17-7-3-1-4-8-17)11-20(13-21)18-9-5-2-6-10-18;17-12-3-1-2-10(6-12)15-4-5-16(20-15)11-7-13(18)9-14(19)8-11;1-8-2-9(4-11(14)3-8)10-5-12(15)7-13(16)6-10;14-13(15,16)10-3-1-2-8(4-10)9-5-11(17)7-12(18)6-9/h1-13,22H,14-16H2;1-6,11H,7-9H2;2-4,10H,5-7H2,1H3;1-4,9H,5-7H2. The monoisotopic (exact) mass is 1160 g/mol. The number of rotatable bonds is 7. The van der Waals surface area contributed by atoms with Gasteiger partial charge in [-0.1, -0.05) is 137 Å². The third kappa shape index (κ3) is 16.5. The summed E-state index contributed by atoms with van der Waals surface area (Å²) in [5, 5.41) is 0.642. The molecule has 7 aromatic rings. The summed E-state index contributed by atoms with van der Waals surface area (Å²) >= 11 is 9.40. The molecule has 0 amide bonds. The Morgan fingerprint density at radius 3 is 1.29 bits per heavy atom. The molecule has 6 aromatic carbocycles. The lowest BCUT2D eigenvalue weighted by molar-refractivity contribution is -0.138. The number of Topliss-reactive ketones (excluding diaryl/α,β-unsaturated/α-hetero) is 8. The first-order valence-corrected chi connectivity index (χ1v) is 27.6. The summed E-state index contributed by atoms with van der Waals surface area (Å²) in [6, 6.07) is 48.9. The fraction of sp³-hybridized carbons (Fsp3) is 0.273. The Hall–Kier alpha value is -7.48. The molecule has 0 N–H and O–H groups in total. The molecule has 4 aliphatic rings. The van der Waals surface area contributed by atoms with E-state index in [-0.39, 0.29) is 103 Å². The Bertz CT molecular complexity index is 3320. The fourth-order valence-electron chi connectivity index (χ4n) is 10.7. The Morgan fingerprint density at radius 1 is 0.412 bits per heavy atom. The van der Waals surface area contributed by atoms with Crippen molar-refractivity contribution in [2.75, 3.05) is 0 Å². The van der Waals surface area contributed by atoms with Gasteiger partial charge in [-0.25, -0.2) is 0 Å². The highest BCUT2D eigenvalue weighted by atomic mass is 79.9. The molecule has 11 rings (SSSR count). The van der Waals surface area contributed by atoms with E-state index >= 15 is 0 Å². The van der Waals surface area contributed by atoms with E-state index in [2.05, 4.69) is 64.5 Å². The molecular formula is C66H57BrClF3O9. The van der Waals surface area contributed by atoms with E-state index in [1.807, 2.05) is 85.8 Å². The minimum absolute atomic E-state index is 0.00745. The molecule has 0 unspecified atom stereocenters. The summed E-state index contributed by atoms with van der Waals surface area (Å²) in [5.41, 5.74) is 8.38. The van der Waals surface area contributed by atoms with Crippen LogP contribution < -0.4 is 0 Å². The molecule has 80 heavy (non-hydrogen) atoms. The van der Waals surface area contributed by atoms with Crippen LogP contribution in [0.4, 0.5) is 13.2 Å². The molecule has 410 valence electrons. The van der Waals surface area contributed by atoms with Crippen LogP contribution in [0.15, 0.2) is 167 Å². The van der Waals surface area contributed by atoms with Crippen LogP contribution in [0.5, 0.6) is 0 Å². The third-order valence-electron chi connectivity index (χ3n) is 14.4. The minimum atomic E-state index is -4.40. The Balaban J connectivity index is 0.000000143. The number of furan rings is 1. The van der Waals surface area contributed by atoms with Gasteiger partial charge in [0, 0.05) is 72.3 Å². The first-order valence-electron chi connectivity index (χ1n) is 26.4. The quantitative estimate of drug-likeness (QED) is 0.142. The zero-order chi connectivity index (χ0) is 57.1. The lowest BCUT2D eigenvalue weighted by Crippen LogP contribution is -2.21. The molecule has 0 bridgehead atoms. The second kappa shape index (κ2) is 26.7. The van der Waals surface area contributed by atoms with Gasteiger partial charge < -0.3 is 4.42 Å². The van der Waals surface area contributed by atoms with Gasteiger partial charge >= 0.3 is 6.18 Å². The van der Waals surface area contributed by atoms with Crippen molar-refractivity contribution in [3.8, 4) is 33.6 Å². The van der Waals surface area contributed by atoms with E-state index in [0.717, 1.165) is 61.1 Å². The van der Waals surface area contributed by atoms with Crippen LogP contribution in [-0.2, 0) is 44.5 Å². The predicted molar refractivity (Wildman–Crippen MR) is 303 cm³/mol. The topological polar surface area (TPSA) is 150 Å². The number of carbonyl (C=O) groups excluding carboxylic acids is 8. The zero-order valence-corrected chi connectivity index (χ0v) is 46.2. The molecule has 0 radical (unpaired) electrons. The summed E-state index contributed by atoms with van der Waals surface area (Å²) in [6.07, 6.45) is -1.22. The SMILES string of the molecule is Cc1cc(Br)cc(C2CC(=O)CC(=O)C2)c1.O=C1CC(=O)CC(c2cc(-c3ccccc3)cc(-c3ccccc3)c2)C1.O=C1CC(=O)CC(c2ccc(-c3cccc(Cl)c3)o2)C1.O=C1CC(=O)CC(c2cccc(C(F)(F)F)c2)C1. The molecule has 1 aromatic heterocycles. The van der Waals surface area contributed by atoms with Crippen molar-refractivity contribution in [1.29, 1.82) is 0 Å². The van der Waals surface area contributed by atoms with E-state index in [1.165, 1.54) is 12.1 Å². The van der Waals surface area contributed by atoms with E-state index in [1.54, 1.807) is 6.07 Å². The number of hydrogen-bond acceptors (Lipinski definition) is 9. The predicted octanol–water partition coefficient (Wildman–Crippen LogP) is 15.7. The highest BCUT2D eigenvalue weighted by Crippen LogP contribution is 2.39. The average Bonchev–Trinajstić information content (AvgIpc) is 3.92. The summed E-state index contributed by atoms with van der Waals surface area (Å²) in [6.45, 7) is 2.01. The first-order chi connectivity index (χ1) is 38.2. The maximum atomic E-state index is 12.6. The van der Waals surface area contributed by atoms with Gasteiger partial charge in [-0.05, 0) is 118 Å². The highest BCUT2D eigenvalue weighted by molar-refractivity contribution is 9.10. The molecular weight excluding hydrogens is 1110 g/mol. The molecule has 4 saturated carbocycles. The van der Waals surface area contributed by atoms with Crippen LogP contribution >= 0.6 is 27.5 Å². The normalized spacial score (nSPS) is 16.8. The van der Waals surface area contributed by atoms with Crippen molar-refractivity contribution in [3.63, 3.8) is 0 Å².